The van der Waals surface area contributed by atoms with E-state index >= 15 is 0 Å². The van der Waals surface area contributed by atoms with Crippen LogP contribution in [0.2, 0.25) is 0 Å². The zero-order valence-corrected chi connectivity index (χ0v) is 10.7. The van der Waals surface area contributed by atoms with E-state index in [0.29, 0.717) is 13.0 Å². The molecule has 0 aromatic carbocycles. The zero-order valence-electron chi connectivity index (χ0n) is 10.7. The second-order valence-electron chi connectivity index (χ2n) is 4.74. The van der Waals surface area contributed by atoms with Gasteiger partial charge < -0.3 is 16.4 Å². The second kappa shape index (κ2) is 6.59. The number of likely N-dealkylation sites (N-methyl/N-ethyl adjacent to an activating group) is 1. The van der Waals surface area contributed by atoms with E-state index in [1.807, 2.05) is 6.92 Å². The zero-order chi connectivity index (χ0) is 12.8. The highest BCUT2D eigenvalue weighted by Gasteiger charge is 2.26. The number of nitrogens with one attached hydrogen (secondary N) is 2. The summed E-state index contributed by atoms with van der Waals surface area (Å²) in [7, 11) is 0. The van der Waals surface area contributed by atoms with Gasteiger partial charge in [-0.3, -0.25) is 9.59 Å². The molecular weight excluding hydrogens is 218 g/mol. The van der Waals surface area contributed by atoms with Crippen LogP contribution >= 0.6 is 0 Å². The molecule has 3 atom stereocenters. The van der Waals surface area contributed by atoms with Crippen LogP contribution in [0.5, 0.6) is 0 Å². The number of rotatable bonds is 5. The average molecular weight is 241 g/mol. The molecule has 0 heterocycles. The van der Waals surface area contributed by atoms with E-state index < -0.39 is 6.04 Å². The molecule has 17 heavy (non-hydrogen) atoms. The summed E-state index contributed by atoms with van der Waals surface area (Å²) in [5.41, 5.74) is 5.91. The lowest BCUT2D eigenvalue weighted by molar-refractivity contribution is -0.129. The number of amides is 2. The maximum absolute atomic E-state index is 11.7. The van der Waals surface area contributed by atoms with Gasteiger partial charge in [-0.1, -0.05) is 6.42 Å². The first-order valence-corrected chi connectivity index (χ1v) is 6.37. The highest BCUT2D eigenvalue weighted by Crippen LogP contribution is 2.26. The van der Waals surface area contributed by atoms with Crippen molar-refractivity contribution in [1.82, 2.24) is 10.6 Å². The normalized spacial score (nSPS) is 25.4. The van der Waals surface area contributed by atoms with Gasteiger partial charge in [-0.25, -0.2) is 0 Å². The first-order valence-electron chi connectivity index (χ1n) is 6.37. The number of hydrogen-bond donors (Lipinski definition) is 3. The Morgan fingerprint density at radius 3 is 2.65 bits per heavy atom. The van der Waals surface area contributed by atoms with Crippen LogP contribution in [0.1, 0.15) is 39.5 Å². The first-order chi connectivity index (χ1) is 8.04. The van der Waals surface area contributed by atoms with Crippen LogP contribution < -0.4 is 16.4 Å². The second-order valence-corrected chi connectivity index (χ2v) is 4.74. The van der Waals surface area contributed by atoms with Crippen molar-refractivity contribution in [3.8, 4) is 0 Å². The summed E-state index contributed by atoms with van der Waals surface area (Å²) in [5.74, 6) is 0.0547. The SMILES string of the molecule is CCNC(=O)C(C)NC(=O)C[C@@H]1CCC[C@H]1N. The number of nitrogens with two attached hydrogens (primary N) is 1. The summed E-state index contributed by atoms with van der Waals surface area (Å²) in [5, 5.41) is 5.38. The van der Waals surface area contributed by atoms with Crippen molar-refractivity contribution in [2.45, 2.75) is 51.6 Å². The van der Waals surface area contributed by atoms with Crippen LogP contribution in [0.4, 0.5) is 0 Å². The first kappa shape index (κ1) is 14.0. The van der Waals surface area contributed by atoms with Crippen molar-refractivity contribution < 1.29 is 9.59 Å². The Labute approximate surface area is 103 Å². The molecule has 1 fully saturated rings. The van der Waals surface area contributed by atoms with Crippen LogP contribution in [0.3, 0.4) is 0 Å². The van der Waals surface area contributed by atoms with Gasteiger partial charge in [0.15, 0.2) is 0 Å². The predicted octanol–water partition coefficient (Wildman–Crippen LogP) is 0.145. The Hall–Kier alpha value is -1.10. The molecule has 2 amide bonds. The smallest absolute Gasteiger partial charge is 0.242 e. The third-order valence-electron chi connectivity index (χ3n) is 3.29. The molecule has 0 aromatic rings. The predicted molar refractivity (Wildman–Crippen MR) is 66.2 cm³/mol. The minimum atomic E-state index is -0.472. The van der Waals surface area contributed by atoms with E-state index in [9.17, 15) is 9.59 Å². The molecule has 1 rings (SSSR count). The van der Waals surface area contributed by atoms with Gasteiger partial charge in [-0.15, -0.1) is 0 Å². The van der Waals surface area contributed by atoms with Gasteiger partial charge in [0.05, 0.1) is 0 Å². The molecule has 0 radical (unpaired) electrons. The topological polar surface area (TPSA) is 84.2 Å². The third kappa shape index (κ3) is 4.34. The van der Waals surface area contributed by atoms with E-state index in [2.05, 4.69) is 10.6 Å². The van der Waals surface area contributed by atoms with Gasteiger partial charge in [0.25, 0.3) is 0 Å². The summed E-state index contributed by atoms with van der Waals surface area (Å²) >= 11 is 0. The standard InChI is InChI=1S/C12H23N3O2/c1-3-14-12(17)8(2)15-11(16)7-9-5-4-6-10(9)13/h8-10H,3-7,13H2,1-2H3,(H,14,17)(H,15,16)/t8?,9-,10+/m0/s1. The van der Waals surface area contributed by atoms with Crippen molar-refractivity contribution in [2.24, 2.45) is 11.7 Å². The van der Waals surface area contributed by atoms with Crippen molar-refractivity contribution in [3.05, 3.63) is 0 Å². The summed E-state index contributed by atoms with van der Waals surface area (Å²) < 4.78 is 0. The highest BCUT2D eigenvalue weighted by atomic mass is 16.2. The van der Waals surface area contributed by atoms with E-state index in [1.165, 1.54) is 0 Å². The molecule has 0 aromatic heterocycles. The molecule has 0 saturated heterocycles. The molecule has 0 spiro atoms. The van der Waals surface area contributed by atoms with Gasteiger partial charge in [0.2, 0.25) is 11.8 Å². The van der Waals surface area contributed by atoms with Crippen molar-refractivity contribution in [2.75, 3.05) is 6.54 Å². The number of carbonyl (C=O) groups excluding carboxylic acids is 2. The average Bonchev–Trinajstić information content (AvgIpc) is 2.64. The van der Waals surface area contributed by atoms with Gasteiger partial charge in [-0.2, -0.15) is 0 Å². The molecule has 1 aliphatic rings. The summed E-state index contributed by atoms with van der Waals surface area (Å²) in [4.78, 5) is 23.1. The summed E-state index contributed by atoms with van der Waals surface area (Å²) in [6, 6.07) is -0.333. The van der Waals surface area contributed by atoms with Crippen LogP contribution in [0, 0.1) is 5.92 Å². The quantitative estimate of drug-likeness (QED) is 0.640. The molecule has 4 N–H and O–H groups in total. The molecule has 0 aliphatic heterocycles. The van der Waals surface area contributed by atoms with Crippen molar-refractivity contribution in [1.29, 1.82) is 0 Å². The lowest BCUT2D eigenvalue weighted by Gasteiger charge is -2.17. The molecule has 98 valence electrons. The van der Waals surface area contributed by atoms with Gasteiger partial charge in [0.1, 0.15) is 6.04 Å². The minimum absolute atomic E-state index is 0.0777. The molecular formula is C12H23N3O2. The fourth-order valence-electron chi connectivity index (χ4n) is 2.25. The van der Waals surface area contributed by atoms with E-state index in [-0.39, 0.29) is 23.8 Å². The molecule has 0 bridgehead atoms. The van der Waals surface area contributed by atoms with Crippen molar-refractivity contribution >= 4 is 11.8 Å². The van der Waals surface area contributed by atoms with Crippen LogP contribution in [-0.4, -0.2) is 30.4 Å². The maximum atomic E-state index is 11.7. The maximum Gasteiger partial charge on any atom is 0.242 e. The largest absolute Gasteiger partial charge is 0.355 e. The minimum Gasteiger partial charge on any atom is -0.355 e. The highest BCUT2D eigenvalue weighted by molar-refractivity contribution is 5.87. The Bertz CT molecular complexity index is 281. The van der Waals surface area contributed by atoms with Crippen LogP contribution in [0.15, 0.2) is 0 Å². The van der Waals surface area contributed by atoms with Crippen molar-refractivity contribution in [3.63, 3.8) is 0 Å². The van der Waals surface area contributed by atoms with Crippen LogP contribution in [-0.2, 0) is 9.59 Å². The fourth-order valence-corrected chi connectivity index (χ4v) is 2.25. The van der Waals surface area contributed by atoms with Crippen LogP contribution in [0.25, 0.3) is 0 Å². The Morgan fingerprint density at radius 2 is 2.12 bits per heavy atom. The lowest BCUT2D eigenvalue weighted by Crippen LogP contribution is -2.45. The Morgan fingerprint density at radius 1 is 1.41 bits per heavy atom. The molecule has 1 aliphatic carbocycles. The Balaban J connectivity index is 2.31. The fraction of sp³-hybridized carbons (Fsp3) is 0.833. The summed E-state index contributed by atoms with van der Waals surface area (Å²) in [6.07, 6.45) is 3.56. The molecule has 5 heteroatoms. The van der Waals surface area contributed by atoms with E-state index in [1.54, 1.807) is 6.92 Å². The van der Waals surface area contributed by atoms with E-state index in [0.717, 1.165) is 19.3 Å². The third-order valence-corrected chi connectivity index (χ3v) is 3.29. The van der Waals surface area contributed by atoms with Gasteiger partial charge in [-0.05, 0) is 32.6 Å². The van der Waals surface area contributed by atoms with E-state index in [4.69, 9.17) is 5.73 Å². The number of carbonyl (C=O) groups is 2. The molecule has 1 unspecified atom stereocenters. The number of hydrogen-bond acceptors (Lipinski definition) is 3. The lowest BCUT2D eigenvalue weighted by atomic mass is 10.00. The summed E-state index contributed by atoms with van der Waals surface area (Å²) in [6.45, 7) is 4.12. The molecule has 5 nitrogen and oxygen atoms in total. The molecule has 1 saturated carbocycles. The monoisotopic (exact) mass is 241 g/mol. The Kier molecular flexibility index (Phi) is 5.41. The van der Waals surface area contributed by atoms with Gasteiger partial charge in [0, 0.05) is 19.0 Å². The van der Waals surface area contributed by atoms with Gasteiger partial charge >= 0.3 is 0 Å².